The van der Waals surface area contributed by atoms with Crippen LogP contribution in [0.1, 0.15) is 18.9 Å². The number of nitrogens with zero attached hydrogens (tertiary/aromatic N) is 5. The molecule has 2 aromatic carbocycles. The van der Waals surface area contributed by atoms with Gasteiger partial charge < -0.3 is 15.5 Å². The Morgan fingerprint density at radius 1 is 0.905 bits per heavy atom. The molecule has 0 aliphatic carbocycles. The topological polar surface area (TPSA) is 97.4 Å². The van der Waals surface area contributed by atoms with Crippen molar-refractivity contribution in [2.24, 2.45) is 0 Å². The van der Waals surface area contributed by atoms with Crippen LogP contribution in [0, 0.1) is 0 Å². The van der Waals surface area contributed by atoms with E-state index >= 15 is 0 Å². The Kier molecular flexibility index (Phi) is 6.80. The minimum atomic E-state index is -4.67. The number of nitrogens with two attached hydrogens (primary N) is 1. The monoisotopic (exact) mass is 572 g/mol. The maximum absolute atomic E-state index is 14.5. The molecule has 0 atom stereocenters. The molecule has 0 saturated carbocycles. The standard InChI is InChI=1S/C31H27F3N6O2/c1-2-28(41)39-13-11-38(12-14-39)26-8-6-22(16-24(26)31(32,33)34)40-29(42)10-5-21-18-36-25-7-3-19(15-23(25)30(21)40)20-4-9-27(35)37-17-20/h3-10,15-18H,2,11-14H2,1H3,(H2,35,37). The molecular formula is C31H27F3N6O2. The first-order valence-electron chi connectivity index (χ1n) is 13.5. The van der Waals surface area contributed by atoms with Crippen LogP contribution in [0.4, 0.5) is 24.7 Å². The summed E-state index contributed by atoms with van der Waals surface area (Å²) in [6, 6.07) is 15.9. The zero-order valence-corrected chi connectivity index (χ0v) is 22.7. The van der Waals surface area contributed by atoms with E-state index in [2.05, 4.69) is 9.97 Å². The van der Waals surface area contributed by atoms with Gasteiger partial charge in [0.1, 0.15) is 5.82 Å². The van der Waals surface area contributed by atoms with E-state index < -0.39 is 17.3 Å². The van der Waals surface area contributed by atoms with Gasteiger partial charge in [-0.2, -0.15) is 13.2 Å². The molecule has 11 heteroatoms. The van der Waals surface area contributed by atoms with Crippen molar-refractivity contribution >= 4 is 39.2 Å². The number of alkyl halides is 3. The SMILES string of the molecule is CCC(=O)N1CCN(c2ccc(-n3c(=O)ccc4cnc5ccc(-c6ccc(N)nc6)cc5c43)cc2C(F)(F)F)CC1. The first-order valence-corrected chi connectivity index (χ1v) is 13.5. The highest BCUT2D eigenvalue weighted by atomic mass is 19.4. The molecule has 0 unspecified atom stereocenters. The van der Waals surface area contributed by atoms with Crippen LogP contribution in [0.2, 0.25) is 0 Å². The first-order chi connectivity index (χ1) is 20.1. The highest BCUT2D eigenvalue weighted by Gasteiger charge is 2.36. The first kappa shape index (κ1) is 27.3. The van der Waals surface area contributed by atoms with E-state index in [4.69, 9.17) is 5.73 Å². The fourth-order valence-electron chi connectivity index (χ4n) is 5.51. The van der Waals surface area contributed by atoms with E-state index in [1.807, 2.05) is 18.2 Å². The van der Waals surface area contributed by atoms with Gasteiger partial charge in [-0.05, 0) is 54.1 Å². The maximum atomic E-state index is 14.5. The summed E-state index contributed by atoms with van der Waals surface area (Å²) in [5.41, 5.74) is 7.15. The van der Waals surface area contributed by atoms with Gasteiger partial charge in [-0.1, -0.05) is 13.0 Å². The number of benzene rings is 2. The van der Waals surface area contributed by atoms with Crippen LogP contribution in [0.5, 0.6) is 0 Å². The van der Waals surface area contributed by atoms with Gasteiger partial charge in [-0.25, -0.2) is 4.98 Å². The van der Waals surface area contributed by atoms with Crippen LogP contribution in [0.15, 0.2) is 77.9 Å². The average molecular weight is 573 g/mol. The smallest absolute Gasteiger partial charge is 0.384 e. The largest absolute Gasteiger partial charge is 0.418 e. The molecular weight excluding hydrogens is 545 g/mol. The number of anilines is 2. The number of hydrogen-bond acceptors (Lipinski definition) is 6. The predicted molar refractivity (Wildman–Crippen MR) is 157 cm³/mol. The molecule has 3 aromatic heterocycles. The zero-order valence-electron chi connectivity index (χ0n) is 22.7. The van der Waals surface area contributed by atoms with Crippen LogP contribution in [0.3, 0.4) is 0 Å². The molecule has 1 amide bonds. The van der Waals surface area contributed by atoms with Crippen molar-refractivity contribution < 1.29 is 18.0 Å². The molecule has 8 nitrogen and oxygen atoms in total. The maximum Gasteiger partial charge on any atom is 0.418 e. The minimum Gasteiger partial charge on any atom is -0.384 e. The van der Waals surface area contributed by atoms with Crippen molar-refractivity contribution in [2.75, 3.05) is 36.8 Å². The zero-order chi connectivity index (χ0) is 29.6. The molecule has 2 N–H and O–H groups in total. The normalized spacial score (nSPS) is 14.1. The van der Waals surface area contributed by atoms with Gasteiger partial charge in [0, 0.05) is 73.1 Å². The van der Waals surface area contributed by atoms with Crippen molar-refractivity contribution in [3.05, 3.63) is 89.0 Å². The summed E-state index contributed by atoms with van der Waals surface area (Å²) >= 11 is 0. The number of halogens is 3. The molecule has 1 aliphatic heterocycles. The van der Waals surface area contributed by atoms with E-state index in [-0.39, 0.29) is 30.4 Å². The second-order valence-corrected chi connectivity index (χ2v) is 10.2. The number of hydrogen-bond donors (Lipinski definition) is 1. The molecule has 1 aliphatic rings. The highest BCUT2D eigenvalue weighted by molar-refractivity contribution is 6.05. The number of rotatable bonds is 4. The number of amides is 1. The summed E-state index contributed by atoms with van der Waals surface area (Å²) < 4.78 is 44.8. The Balaban J connectivity index is 1.50. The molecule has 0 radical (unpaired) electrons. The number of carbonyl (C=O) groups excluding carboxylic acids is 1. The summed E-state index contributed by atoms with van der Waals surface area (Å²) in [4.78, 5) is 37.4. The molecule has 214 valence electrons. The summed E-state index contributed by atoms with van der Waals surface area (Å²) in [6.07, 6.45) is -1.08. The molecule has 1 fully saturated rings. The van der Waals surface area contributed by atoms with Crippen molar-refractivity contribution in [2.45, 2.75) is 19.5 Å². The highest BCUT2D eigenvalue weighted by Crippen LogP contribution is 2.39. The number of pyridine rings is 3. The number of carbonyl (C=O) groups is 1. The van der Waals surface area contributed by atoms with Gasteiger partial charge in [0.25, 0.3) is 5.56 Å². The average Bonchev–Trinajstić information content (AvgIpc) is 3.00. The Morgan fingerprint density at radius 3 is 2.36 bits per heavy atom. The minimum absolute atomic E-state index is 0.0195. The van der Waals surface area contributed by atoms with Crippen LogP contribution in [-0.4, -0.2) is 51.5 Å². The van der Waals surface area contributed by atoms with Gasteiger partial charge >= 0.3 is 6.18 Å². The molecule has 1 saturated heterocycles. The molecule has 0 bridgehead atoms. The van der Waals surface area contributed by atoms with E-state index in [0.717, 1.165) is 17.2 Å². The summed E-state index contributed by atoms with van der Waals surface area (Å²) in [5.74, 6) is 0.356. The third kappa shape index (κ3) is 4.91. The Bertz CT molecular complexity index is 1880. The Morgan fingerprint density at radius 2 is 1.67 bits per heavy atom. The number of aromatic nitrogens is 3. The number of nitrogen functional groups attached to an aromatic ring is 1. The van der Waals surface area contributed by atoms with E-state index in [9.17, 15) is 22.8 Å². The Hall–Kier alpha value is -4.93. The van der Waals surface area contributed by atoms with Crippen LogP contribution < -0.4 is 16.2 Å². The lowest BCUT2D eigenvalue weighted by Gasteiger charge is -2.37. The summed E-state index contributed by atoms with van der Waals surface area (Å²) in [7, 11) is 0. The van der Waals surface area contributed by atoms with Gasteiger partial charge in [0.15, 0.2) is 0 Å². The Labute approximate surface area is 238 Å². The molecule has 4 heterocycles. The molecule has 42 heavy (non-hydrogen) atoms. The lowest BCUT2D eigenvalue weighted by Crippen LogP contribution is -2.49. The van der Waals surface area contributed by atoms with E-state index in [1.165, 1.54) is 22.8 Å². The van der Waals surface area contributed by atoms with Gasteiger partial charge in [-0.15, -0.1) is 0 Å². The van der Waals surface area contributed by atoms with Crippen molar-refractivity contribution in [3.63, 3.8) is 0 Å². The second kappa shape index (κ2) is 10.5. The predicted octanol–water partition coefficient (Wildman–Crippen LogP) is 5.26. The van der Waals surface area contributed by atoms with Crippen molar-refractivity contribution in [1.29, 1.82) is 0 Å². The van der Waals surface area contributed by atoms with Crippen molar-refractivity contribution in [1.82, 2.24) is 19.4 Å². The van der Waals surface area contributed by atoms with Gasteiger partial charge in [0.2, 0.25) is 5.91 Å². The lowest BCUT2D eigenvalue weighted by atomic mass is 10.0. The second-order valence-electron chi connectivity index (χ2n) is 10.2. The quantitative estimate of drug-likeness (QED) is 0.295. The number of piperazine rings is 1. The van der Waals surface area contributed by atoms with Gasteiger partial charge in [-0.3, -0.25) is 19.1 Å². The fourth-order valence-corrected chi connectivity index (χ4v) is 5.51. The van der Waals surface area contributed by atoms with E-state index in [0.29, 0.717) is 47.1 Å². The third-order valence-electron chi connectivity index (χ3n) is 7.66. The summed E-state index contributed by atoms with van der Waals surface area (Å²) in [6.45, 7) is 3.02. The fraction of sp³-hybridized carbons (Fsp3) is 0.226. The van der Waals surface area contributed by atoms with Gasteiger partial charge in [0.05, 0.1) is 22.3 Å². The molecule has 0 spiro atoms. The number of fused-ring (bicyclic) bond motifs is 3. The summed E-state index contributed by atoms with van der Waals surface area (Å²) in [5, 5.41) is 1.21. The van der Waals surface area contributed by atoms with Crippen LogP contribution in [-0.2, 0) is 11.0 Å². The molecule has 5 aromatic rings. The van der Waals surface area contributed by atoms with Crippen molar-refractivity contribution in [3.8, 4) is 16.8 Å². The molecule has 6 rings (SSSR count). The lowest BCUT2D eigenvalue weighted by molar-refractivity contribution is -0.137. The third-order valence-corrected chi connectivity index (χ3v) is 7.66. The van der Waals surface area contributed by atoms with Crippen LogP contribution in [0.25, 0.3) is 38.6 Å². The van der Waals surface area contributed by atoms with E-state index in [1.54, 1.807) is 47.3 Å². The van der Waals surface area contributed by atoms with Crippen LogP contribution >= 0.6 is 0 Å².